The molecule has 0 aliphatic rings. The molecular formula is C11H14ClNO. The molecule has 2 N–H and O–H groups in total. The molecule has 0 atom stereocenters. The van der Waals surface area contributed by atoms with Gasteiger partial charge in [-0.1, -0.05) is 6.92 Å². The maximum absolute atomic E-state index is 11.4. The minimum absolute atomic E-state index is 0.0203. The summed E-state index contributed by atoms with van der Waals surface area (Å²) >= 11 is 5.49. The van der Waals surface area contributed by atoms with E-state index in [1.807, 2.05) is 19.9 Å². The molecule has 0 amide bonds. The number of carbonyl (C=O) groups is 1. The van der Waals surface area contributed by atoms with Crippen LogP contribution in [0.3, 0.4) is 0 Å². The molecule has 0 heterocycles. The van der Waals surface area contributed by atoms with Gasteiger partial charge in [0.2, 0.25) is 0 Å². The van der Waals surface area contributed by atoms with Crippen molar-refractivity contribution in [2.45, 2.75) is 20.3 Å². The summed E-state index contributed by atoms with van der Waals surface area (Å²) < 4.78 is 0. The van der Waals surface area contributed by atoms with Gasteiger partial charge in [-0.25, -0.2) is 0 Å². The van der Waals surface area contributed by atoms with Crippen LogP contribution in [0, 0.1) is 6.92 Å². The topological polar surface area (TPSA) is 43.1 Å². The zero-order valence-corrected chi connectivity index (χ0v) is 9.19. The maximum Gasteiger partial charge on any atom is 0.177 e. The summed E-state index contributed by atoms with van der Waals surface area (Å²) in [7, 11) is 0. The van der Waals surface area contributed by atoms with Gasteiger partial charge in [-0.3, -0.25) is 4.79 Å². The van der Waals surface area contributed by atoms with E-state index in [4.69, 9.17) is 17.3 Å². The van der Waals surface area contributed by atoms with E-state index in [1.165, 1.54) is 0 Å². The fourth-order valence-corrected chi connectivity index (χ4v) is 1.56. The highest BCUT2D eigenvalue weighted by molar-refractivity contribution is 6.30. The van der Waals surface area contributed by atoms with E-state index >= 15 is 0 Å². The molecule has 2 nitrogen and oxygen atoms in total. The second-order valence-corrected chi connectivity index (χ2v) is 3.54. The molecule has 0 saturated heterocycles. The van der Waals surface area contributed by atoms with E-state index in [2.05, 4.69) is 0 Å². The third-order valence-electron chi connectivity index (χ3n) is 2.30. The normalized spacial score (nSPS) is 10.2. The lowest BCUT2D eigenvalue weighted by Gasteiger charge is -2.08. The van der Waals surface area contributed by atoms with Gasteiger partial charge in [0.25, 0.3) is 0 Å². The van der Waals surface area contributed by atoms with Crippen molar-refractivity contribution in [2.24, 2.45) is 0 Å². The van der Waals surface area contributed by atoms with Crippen LogP contribution >= 0.6 is 11.6 Å². The number of nitrogens with two attached hydrogens (primary N) is 1. The minimum Gasteiger partial charge on any atom is -0.398 e. The van der Waals surface area contributed by atoms with Crippen molar-refractivity contribution in [1.82, 2.24) is 0 Å². The van der Waals surface area contributed by atoms with Crippen LogP contribution in [0.2, 0.25) is 0 Å². The molecule has 1 aromatic rings. The fraction of sp³-hybridized carbons (Fsp3) is 0.364. The zero-order valence-electron chi connectivity index (χ0n) is 8.43. The van der Waals surface area contributed by atoms with Gasteiger partial charge in [0, 0.05) is 11.3 Å². The van der Waals surface area contributed by atoms with E-state index in [1.54, 1.807) is 6.07 Å². The lowest BCUT2D eigenvalue weighted by molar-refractivity contribution is 0.102. The number of ketones is 1. The number of halogens is 1. The Morgan fingerprint density at radius 2 is 2.14 bits per heavy atom. The van der Waals surface area contributed by atoms with Crippen LogP contribution in [-0.2, 0) is 6.42 Å². The summed E-state index contributed by atoms with van der Waals surface area (Å²) in [6.45, 7) is 3.92. The molecule has 0 aliphatic heterocycles. The number of alkyl halides is 1. The lowest BCUT2D eigenvalue weighted by Crippen LogP contribution is -2.05. The van der Waals surface area contributed by atoms with Gasteiger partial charge >= 0.3 is 0 Å². The van der Waals surface area contributed by atoms with Crippen LogP contribution in [0.15, 0.2) is 12.1 Å². The van der Waals surface area contributed by atoms with E-state index < -0.39 is 0 Å². The Bertz CT molecular complexity index is 361. The van der Waals surface area contributed by atoms with Crippen LogP contribution in [0.4, 0.5) is 5.69 Å². The van der Waals surface area contributed by atoms with Gasteiger partial charge in [-0.15, -0.1) is 11.6 Å². The zero-order chi connectivity index (χ0) is 10.7. The molecule has 0 unspecified atom stereocenters. The highest BCUT2D eigenvalue weighted by Crippen LogP contribution is 2.20. The largest absolute Gasteiger partial charge is 0.398 e. The third kappa shape index (κ3) is 2.07. The molecule has 14 heavy (non-hydrogen) atoms. The summed E-state index contributed by atoms with van der Waals surface area (Å²) in [5.41, 5.74) is 9.25. The van der Waals surface area contributed by atoms with Gasteiger partial charge < -0.3 is 5.73 Å². The predicted octanol–water partition coefficient (Wildman–Crippen LogP) is 2.56. The summed E-state index contributed by atoms with van der Waals surface area (Å²) in [6.07, 6.45) is 0.829. The smallest absolute Gasteiger partial charge is 0.177 e. The molecule has 3 heteroatoms. The average molecular weight is 212 g/mol. The summed E-state index contributed by atoms with van der Waals surface area (Å²) in [4.78, 5) is 11.4. The van der Waals surface area contributed by atoms with Crippen LogP contribution in [0.5, 0.6) is 0 Å². The summed E-state index contributed by atoms with van der Waals surface area (Å²) in [6, 6.07) is 3.62. The second kappa shape index (κ2) is 4.47. The monoisotopic (exact) mass is 211 g/mol. The van der Waals surface area contributed by atoms with Gasteiger partial charge in [0.15, 0.2) is 5.78 Å². The van der Waals surface area contributed by atoms with Gasteiger partial charge in [-0.2, -0.15) is 0 Å². The molecule has 0 spiro atoms. The second-order valence-electron chi connectivity index (χ2n) is 3.28. The summed E-state index contributed by atoms with van der Waals surface area (Å²) in [5, 5.41) is 0. The Morgan fingerprint density at radius 3 is 2.64 bits per heavy atom. The quantitative estimate of drug-likeness (QED) is 0.475. The Morgan fingerprint density at radius 1 is 1.50 bits per heavy atom. The predicted molar refractivity (Wildman–Crippen MR) is 60.0 cm³/mol. The number of hydrogen-bond acceptors (Lipinski definition) is 2. The molecule has 1 aromatic carbocycles. The van der Waals surface area contributed by atoms with Crippen LogP contribution in [-0.4, -0.2) is 11.7 Å². The molecule has 0 fully saturated rings. The van der Waals surface area contributed by atoms with Crippen molar-refractivity contribution in [1.29, 1.82) is 0 Å². The summed E-state index contributed by atoms with van der Waals surface area (Å²) in [5.74, 6) is -0.0311. The number of aryl methyl sites for hydroxylation is 2. The number of nitrogen functional groups attached to an aromatic ring is 1. The maximum atomic E-state index is 11.4. The molecule has 0 aliphatic carbocycles. The lowest BCUT2D eigenvalue weighted by atomic mass is 10.0. The molecule has 76 valence electrons. The SMILES string of the molecule is CCc1cc(C(=O)CCl)cc(C)c1N. The van der Waals surface area contributed by atoms with E-state index in [9.17, 15) is 4.79 Å². The Balaban J connectivity index is 3.22. The van der Waals surface area contributed by atoms with Gasteiger partial charge in [0.05, 0.1) is 5.88 Å². The number of hydrogen-bond donors (Lipinski definition) is 1. The highest BCUT2D eigenvalue weighted by Gasteiger charge is 2.08. The van der Waals surface area contributed by atoms with Crippen molar-refractivity contribution in [3.8, 4) is 0 Å². The average Bonchev–Trinajstić information content (AvgIpc) is 2.20. The van der Waals surface area contributed by atoms with Crippen molar-refractivity contribution < 1.29 is 4.79 Å². The minimum atomic E-state index is -0.0514. The number of carbonyl (C=O) groups excluding carboxylic acids is 1. The van der Waals surface area contributed by atoms with E-state index in [-0.39, 0.29) is 11.7 Å². The molecule has 1 rings (SSSR count). The first-order valence-corrected chi connectivity index (χ1v) is 5.11. The van der Waals surface area contributed by atoms with Gasteiger partial charge in [0.1, 0.15) is 0 Å². The Kier molecular flexibility index (Phi) is 3.53. The molecule has 0 bridgehead atoms. The molecule has 0 radical (unpaired) electrons. The molecule has 0 aromatic heterocycles. The highest BCUT2D eigenvalue weighted by atomic mass is 35.5. The van der Waals surface area contributed by atoms with E-state index in [0.717, 1.165) is 23.2 Å². The van der Waals surface area contributed by atoms with Crippen molar-refractivity contribution >= 4 is 23.1 Å². The van der Waals surface area contributed by atoms with Crippen molar-refractivity contribution in [2.75, 3.05) is 11.6 Å². The Hall–Kier alpha value is -1.02. The van der Waals surface area contributed by atoms with Crippen molar-refractivity contribution in [3.05, 3.63) is 28.8 Å². The van der Waals surface area contributed by atoms with Crippen molar-refractivity contribution in [3.63, 3.8) is 0 Å². The Labute approximate surface area is 89.1 Å². The molecular weight excluding hydrogens is 198 g/mol. The first-order chi connectivity index (χ1) is 6.60. The number of rotatable bonds is 3. The molecule has 0 saturated carbocycles. The third-order valence-corrected chi connectivity index (χ3v) is 2.54. The van der Waals surface area contributed by atoms with Crippen LogP contribution in [0.25, 0.3) is 0 Å². The number of anilines is 1. The van der Waals surface area contributed by atoms with Gasteiger partial charge in [-0.05, 0) is 36.6 Å². The van der Waals surface area contributed by atoms with Crippen LogP contribution in [0.1, 0.15) is 28.4 Å². The number of benzene rings is 1. The standard InChI is InChI=1S/C11H14ClNO/c1-3-8-5-9(10(14)6-12)4-7(2)11(8)13/h4-5H,3,6,13H2,1-2H3. The van der Waals surface area contributed by atoms with E-state index in [0.29, 0.717) is 5.56 Å². The first kappa shape index (κ1) is 11.1. The van der Waals surface area contributed by atoms with Crippen LogP contribution < -0.4 is 5.73 Å². The fourth-order valence-electron chi connectivity index (χ4n) is 1.40. The number of Topliss-reactive ketones (excluding diaryl/α,β-unsaturated/α-hetero) is 1. The first-order valence-electron chi connectivity index (χ1n) is 4.58.